The van der Waals surface area contributed by atoms with Gasteiger partial charge in [0.05, 0.1) is 11.6 Å². The molecule has 1 heterocycles. The summed E-state index contributed by atoms with van der Waals surface area (Å²) in [5.41, 5.74) is 0.552. The molecule has 1 fully saturated rings. The summed E-state index contributed by atoms with van der Waals surface area (Å²) in [7, 11) is -3.58. The van der Waals surface area contributed by atoms with Gasteiger partial charge in [0.25, 0.3) is 0 Å². The Kier molecular flexibility index (Phi) is 5.07. The van der Waals surface area contributed by atoms with Crippen LogP contribution in [0.4, 0.5) is 0 Å². The van der Waals surface area contributed by atoms with Crippen molar-refractivity contribution < 1.29 is 13.5 Å². The lowest BCUT2D eigenvalue weighted by Crippen LogP contribution is -2.32. The molecule has 0 bridgehead atoms. The van der Waals surface area contributed by atoms with E-state index in [2.05, 4.69) is 6.92 Å². The maximum atomic E-state index is 12.7. The quantitative estimate of drug-likeness (QED) is 0.932. The average Bonchev–Trinajstić information content (AvgIpc) is 2.64. The second kappa shape index (κ2) is 6.43. The van der Waals surface area contributed by atoms with Gasteiger partial charge < -0.3 is 5.11 Å². The van der Waals surface area contributed by atoms with Crippen LogP contribution >= 0.6 is 11.6 Å². The van der Waals surface area contributed by atoms with Gasteiger partial charge in [0, 0.05) is 13.1 Å². The topological polar surface area (TPSA) is 57.6 Å². The van der Waals surface area contributed by atoms with Gasteiger partial charge in [0.15, 0.2) is 0 Å². The molecule has 0 aliphatic carbocycles. The van der Waals surface area contributed by atoms with Crippen LogP contribution in [0.2, 0.25) is 5.02 Å². The normalized spacial score (nSPS) is 21.6. The predicted octanol–water partition coefficient (Wildman–Crippen LogP) is 2.64. The van der Waals surface area contributed by atoms with E-state index in [1.165, 1.54) is 16.4 Å². The Balaban J connectivity index is 2.34. The third-order valence-electron chi connectivity index (χ3n) is 3.77. The van der Waals surface area contributed by atoms with E-state index in [0.29, 0.717) is 24.6 Å². The fraction of sp³-hybridized carbons (Fsp3) is 0.571. The van der Waals surface area contributed by atoms with Crippen molar-refractivity contribution in [3.05, 3.63) is 28.8 Å². The van der Waals surface area contributed by atoms with Crippen molar-refractivity contribution in [2.24, 2.45) is 5.92 Å². The number of aliphatic hydroxyl groups is 1. The highest BCUT2D eigenvalue weighted by Gasteiger charge is 2.28. The van der Waals surface area contributed by atoms with Gasteiger partial charge in [-0.15, -0.1) is 0 Å². The minimum atomic E-state index is -3.58. The van der Waals surface area contributed by atoms with Gasteiger partial charge in [-0.05, 0) is 42.9 Å². The Hall–Kier alpha value is -0.620. The van der Waals surface area contributed by atoms with Crippen molar-refractivity contribution in [1.82, 2.24) is 4.31 Å². The summed E-state index contributed by atoms with van der Waals surface area (Å²) in [6.45, 7) is 3.02. The maximum absolute atomic E-state index is 12.7. The molecule has 1 aromatic carbocycles. The van der Waals surface area contributed by atoms with Gasteiger partial charge in [0.2, 0.25) is 10.0 Å². The largest absolute Gasteiger partial charge is 0.392 e. The van der Waals surface area contributed by atoms with E-state index in [-0.39, 0.29) is 16.5 Å². The Bertz CT molecular complexity index is 574. The molecule has 1 N–H and O–H groups in total. The summed E-state index contributed by atoms with van der Waals surface area (Å²) in [5, 5.41) is 9.37. The molecular weight excluding hydrogens is 298 g/mol. The second-order valence-corrected chi connectivity index (χ2v) is 7.68. The number of aliphatic hydroxyl groups excluding tert-OH is 1. The first kappa shape index (κ1) is 15.8. The average molecular weight is 318 g/mol. The van der Waals surface area contributed by atoms with Gasteiger partial charge in [-0.3, -0.25) is 0 Å². The molecule has 0 saturated carbocycles. The highest BCUT2D eigenvalue weighted by Crippen LogP contribution is 2.28. The molecule has 1 unspecified atom stereocenters. The summed E-state index contributed by atoms with van der Waals surface area (Å²) in [5.74, 6) is 0.550. The summed E-state index contributed by atoms with van der Waals surface area (Å²) in [4.78, 5) is 0.0975. The lowest BCUT2D eigenvalue weighted by atomic mass is 10.0. The first-order valence-corrected chi connectivity index (χ1v) is 8.66. The third-order valence-corrected chi connectivity index (χ3v) is 6.15. The molecule has 0 aromatic heterocycles. The van der Waals surface area contributed by atoms with Crippen molar-refractivity contribution in [3.63, 3.8) is 0 Å². The summed E-state index contributed by atoms with van der Waals surface area (Å²) < 4.78 is 26.9. The Morgan fingerprint density at radius 1 is 1.35 bits per heavy atom. The summed E-state index contributed by atoms with van der Waals surface area (Å²) >= 11 is 6.04. The molecule has 1 atom stereocenters. The molecule has 1 aliphatic heterocycles. The van der Waals surface area contributed by atoms with Crippen LogP contribution in [0.1, 0.15) is 31.7 Å². The van der Waals surface area contributed by atoms with Crippen LogP contribution < -0.4 is 0 Å². The first-order valence-electron chi connectivity index (χ1n) is 6.84. The lowest BCUT2D eigenvalue weighted by molar-refractivity contribution is 0.281. The monoisotopic (exact) mass is 317 g/mol. The molecule has 6 heteroatoms. The van der Waals surface area contributed by atoms with Crippen LogP contribution in [-0.4, -0.2) is 30.9 Å². The molecule has 2 rings (SSSR count). The van der Waals surface area contributed by atoms with Crippen LogP contribution in [0.3, 0.4) is 0 Å². The summed E-state index contributed by atoms with van der Waals surface area (Å²) in [6.07, 6.45) is 2.80. The van der Waals surface area contributed by atoms with Crippen LogP contribution in [0.25, 0.3) is 0 Å². The number of nitrogens with zero attached hydrogens (tertiary/aromatic N) is 1. The van der Waals surface area contributed by atoms with E-state index >= 15 is 0 Å². The van der Waals surface area contributed by atoms with Crippen LogP contribution in [0.5, 0.6) is 0 Å². The van der Waals surface area contributed by atoms with E-state index in [1.54, 1.807) is 6.07 Å². The fourth-order valence-electron chi connectivity index (χ4n) is 2.46. The zero-order valence-electron chi connectivity index (χ0n) is 11.5. The van der Waals surface area contributed by atoms with E-state index in [9.17, 15) is 8.42 Å². The van der Waals surface area contributed by atoms with E-state index in [0.717, 1.165) is 19.3 Å². The van der Waals surface area contributed by atoms with Crippen LogP contribution in [0, 0.1) is 5.92 Å². The Morgan fingerprint density at radius 2 is 2.10 bits per heavy atom. The fourth-order valence-corrected chi connectivity index (χ4v) is 4.48. The number of hydrogen-bond acceptors (Lipinski definition) is 3. The minimum Gasteiger partial charge on any atom is -0.392 e. The van der Waals surface area contributed by atoms with Crippen molar-refractivity contribution in [2.45, 2.75) is 37.7 Å². The highest BCUT2D eigenvalue weighted by molar-refractivity contribution is 7.89. The Morgan fingerprint density at radius 3 is 2.80 bits per heavy atom. The number of sulfonamides is 1. The maximum Gasteiger partial charge on any atom is 0.244 e. The van der Waals surface area contributed by atoms with Gasteiger partial charge in [-0.2, -0.15) is 4.31 Å². The standard InChI is InChI=1S/C14H20ClNO3S/c1-11-3-2-7-16(8-6-11)20(18,19)14-9-12(10-17)4-5-13(14)15/h4-5,9,11,17H,2-3,6-8,10H2,1H3. The zero-order valence-corrected chi connectivity index (χ0v) is 13.1. The van der Waals surface area contributed by atoms with Gasteiger partial charge in [0.1, 0.15) is 4.90 Å². The number of benzene rings is 1. The molecular formula is C14H20ClNO3S. The van der Waals surface area contributed by atoms with E-state index in [4.69, 9.17) is 16.7 Å². The van der Waals surface area contributed by atoms with Crippen molar-refractivity contribution in [2.75, 3.05) is 13.1 Å². The molecule has 0 radical (unpaired) electrons. The molecule has 20 heavy (non-hydrogen) atoms. The zero-order chi connectivity index (χ0) is 14.8. The van der Waals surface area contributed by atoms with Gasteiger partial charge in [-0.1, -0.05) is 24.6 Å². The second-order valence-electron chi connectivity index (χ2n) is 5.36. The molecule has 4 nitrogen and oxygen atoms in total. The predicted molar refractivity (Wildman–Crippen MR) is 79.1 cm³/mol. The van der Waals surface area contributed by atoms with Crippen LogP contribution in [0.15, 0.2) is 23.1 Å². The SMILES string of the molecule is CC1CCCN(S(=O)(=O)c2cc(CO)ccc2Cl)CC1. The molecule has 0 spiro atoms. The van der Waals surface area contributed by atoms with Crippen molar-refractivity contribution >= 4 is 21.6 Å². The first-order chi connectivity index (χ1) is 9.45. The molecule has 112 valence electrons. The number of rotatable bonds is 3. The minimum absolute atomic E-state index is 0.0975. The number of halogens is 1. The van der Waals surface area contributed by atoms with Gasteiger partial charge in [-0.25, -0.2) is 8.42 Å². The van der Waals surface area contributed by atoms with E-state index < -0.39 is 10.0 Å². The van der Waals surface area contributed by atoms with Gasteiger partial charge >= 0.3 is 0 Å². The third kappa shape index (κ3) is 3.34. The Labute approximate surface area is 125 Å². The molecule has 1 aliphatic rings. The number of hydrogen-bond donors (Lipinski definition) is 1. The lowest BCUT2D eigenvalue weighted by Gasteiger charge is -2.21. The van der Waals surface area contributed by atoms with Crippen molar-refractivity contribution in [3.8, 4) is 0 Å². The van der Waals surface area contributed by atoms with Crippen LogP contribution in [-0.2, 0) is 16.6 Å². The smallest absolute Gasteiger partial charge is 0.244 e. The molecule has 1 aromatic rings. The van der Waals surface area contributed by atoms with Crippen molar-refractivity contribution in [1.29, 1.82) is 0 Å². The molecule has 1 saturated heterocycles. The highest BCUT2D eigenvalue weighted by atomic mass is 35.5. The van der Waals surface area contributed by atoms with E-state index in [1.807, 2.05) is 0 Å². The molecule has 0 amide bonds. The summed E-state index contributed by atoms with van der Waals surface area (Å²) in [6, 6.07) is 4.62.